The number of hydrogen-bond acceptors (Lipinski definition) is 4. The van der Waals surface area contributed by atoms with Crippen molar-refractivity contribution < 1.29 is 19.4 Å². The summed E-state index contributed by atoms with van der Waals surface area (Å²) in [4.78, 5) is 11.5. The third-order valence-corrected chi connectivity index (χ3v) is 3.56. The summed E-state index contributed by atoms with van der Waals surface area (Å²) in [5, 5.41) is 9.68. The van der Waals surface area contributed by atoms with E-state index in [1.54, 1.807) is 31.2 Å². The van der Waals surface area contributed by atoms with Gasteiger partial charge in [-0.1, -0.05) is 43.0 Å². The predicted octanol–water partition coefficient (Wildman–Crippen LogP) is 4.11. The molecule has 4 heteroatoms. The minimum Gasteiger partial charge on any atom is -0.508 e. The second kappa shape index (κ2) is 8.77. The van der Waals surface area contributed by atoms with Crippen LogP contribution in [-0.2, 0) is 22.6 Å². The average molecular weight is 326 g/mol. The number of benzene rings is 2. The monoisotopic (exact) mass is 326 g/mol. The van der Waals surface area contributed by atoms with Crippen LogP contribution in [-0.4, -0.2) is 17.7 Å². The molecule has 2 rings (SSSR count). The topological polar surface area (TPSA) is 55.8 Å². The van der Waals surface area contributed by atoms with Crippen LogP contribution >= 0.6 is 0 Å². The van der Waals surface area contributed by atoms with Crippen molar-refractivity contribution >= 4 is 12.0 Å². The average Bonchev–Trinajstić information content (AvgIpc) is 2.60. The Balaban J connectivity index is 2.03. The third kappa shape index (κ3) is 5.16. The Morgan fingerprint density at radius 3 is 2.62 bits per heavy atom. The van der Waals surface area contributed by atoms with E-state index < -0.39 is 0 Å². The zero-order chi connectivity index (χ0) is 17.4. The molecule has 24 heavy (non-hydrogen) atoms. The van der Waals surface area contributed by atoms with Crippen molar-refractivity contribution in [3.05, 3.63) is 65.7 Å². The molecule has 0 unspecified atom stereocenters. The Kier molecular flexibility index (Phi) is 6.43. The van der Waals surface area contributed by atoms with Crippen molar-refractivity contribution in [1.82, 2.24) is 0 Å². The molecule has 0 spiro atoms. The SMILES string of the molecule is C=Cc1ccc(COc2cc(O)ccc2CCC(=O)OCC)cc1. The molecule has 0 fully saturated rings. The van der Waals surface area contributed by atoms with Crippen molar-refractivity contribution in [3.8, 4) is 11.5 Å². The molecule has 0 saturated heterocycles. The fourth-order valence-electron chi connectivity index (χ4n) is 2.27. The van der Waals surface area contributed by atoms with Crippen LogP contribution < -0.4 is 4.74 Å². The van der Waals surface area contributed by atoms with E-state index in [9.17, 15) is 9.90 Å². The van der Waals surface area contributed by atoms with Gasteiger partial charge < -0.3 is 14.6 Å². The van der Waals surface area contributed by atoms with Gasteiger partial charge in [0, 0.05) is 12.5 Å². The molecular formula is C20H22O4. The van der Waals surface area contributed by atoms with Gasteiger partial charge in [0.25, 0.3) is 0 Å². The Morgan fingerprint density at radius 1 is 1.21 bits per heavy atom. The van der Waals surface area contributed by atoms with Crippen LogP contribution in [0.25, 0.3) is 6.08 Å². The van der Waals surface area contributed by atoms with E-state index in [4.69, 9.17) is 9.47 Å². The van der Waals surface area contributed by atoms with Gasteiger partial charge in [0.15, 0.2) is 0 Å². The number of aromatic hydroxyl groups is 1. The first kappa shape index (κ1) is 17.6. The Labute approximate surface area is 142 Å². The first-order valence-electron chi connectivity index (χ1n) is 7.94. The smallest absolute Gasteiger partial charge is 0.306 e. The molecule has 0 aliphatic rings. The Morgan fingerprint density at radius 2 is 1.96 bits per heavy atom. The first-order valence-corrected chi connectivity index (χ1v) is 7.94. The molecular weight excluding hydrogens is 304 g/mol. The second-order valence-electron chi connectivity index (χ2n) is 5.33. The summed E-state index contributed by atoms with van der Waals surface area (Å²) in [6, 6.07) is 12.8. The van der Waals surface area contributed by atoms with Gasteiger partial charge in [-0.25, -0.2) is 0 Å². The fraction of sp³-hybridized carbons (Fsp3) is 0.250. The minimum absolute atomic E-state index is 0.131. The number of phenolic OH excluding ortho intramolecular Hbond substituents is 1. The summed E-state index contributed by atoms with van der Waals surface area (Å²) >= 11 is 0. The third-order valence-electron chi connectivity index (χ3n) is 3.56. The number of carbonyl (C=O) groups excluding carboxylic acids is 1. The van der Waals surface area contributed by atoms with Crippen LogP contribution in [0.1, 0.15) is 30.0 Å². The molecule has 0 radical (unpaired) electrons. The quantitative estimate of drug-likeness (QED) is 0.742. The van der Waals surface area contributed by atoms with Crippen molar-refractivity contribution in [2.24, 2.45) is 0 Å². The second-order valence-corrected chi connectivity index (χ2v) is 5.33. The maximum absolute atomic E-state index is 11.5. The van der Waals surface area contributed by atoms with E-state index in [0.717, 1.165) is 16.7 Å². The van der Waals surface area contributed by atoms with E-state index in [-0.39, 0.29) is 18.1 Å². The number of rotatable bonds is 8. The van der Waals surface area contributed by atoms with E-state index in [0.29, 0.717) is 25.4 Å². The Bertz CT molecular complexity index is 689. The molecule has 0 aliphatic heterocycles. The van der Waals surface area contributed by atoms with Gasteiger partial charge >= 0.3 is 5.97 Å². The molecule has 0 atom stereocenters. The first-order chi connectivity index (χ1) is 11.6. The molecule has 0 amide bonds. The van der Waals surface area contributed by atoms with Gasteiger partial charge in [0.1, 0.15) is 18.1 Å². The summed E-state index contributed by atoms with van der Waals surface area (Å²) in [7, 11) is 0. The number of phenols is 1. The van der Waals surface area contributed by atoms with Crippen LogP contribution in [0.3, 0.4) is 0 Å². The molecule has 2 aromatic carbocycles. The van der Waals surface area contributed by atoms with Crippen molar-refractivity contribution in [2.75, 3.05) is 6.61 Å². The number of hydrogen-bond donors (Lipinski definition) is 1. The zero-order valence-corrected chi connectivity index (χ0v) is 13.8. The lowest BCUT2D eigenvalue weighted by molar-refractivity contribution is -0.143. The van der Waals surface area contributed by atoms with Gasteiger partial charge in [-0.3, -0.25) is 4.79 Å². The maximum atomic E-state index is 11.5. The van der Waals surface area contributed by atoms with E-state index >= 15 is 0 Å². The number of carbonyl (C=O) groups is 1. The van der Waals surface area contributed by atoms with E-state index in [2.05, 4.69) is 6.58 Å². The summed E-state index contributed by atoms with van der Waals surface area (Å²) in [6.45, 7) is 6.26. The van der Waals surface area contributed by atoms with Crippen LogP contribution in [0.2, 0.25) is 0 Å². The van der Waals surface area contributed by atoms with Crippen LogP contribution in [0, 0.1) is 0 Å². The standard InChI is InChI=1S/C20H22O4/c1-3-15-5-7-16(8-6-15)14-24-19-13-18(21)11-9-17(19)10-12-20(22)23-4-2/h3,5-9,11,13,21H,1,4,10,12,14H2,2H3. The van der Waals surface area contributed by atoms with Gasteiger partial charge in [-0.2, -0.15) is 0 Å². The summed E-state index contributed by atoms with van der Waals surface area (Å²) < 4.78 is 10.8. The van der Waals surface area contributed by atoms with Gasteiger partial charge in [0.2, 0.25) is 0 Å². The molecule has 2 aromatic rings. The molecule has 1 N–H and O–H groups in total. The zero-order valence-electron chi connectivity index (χ0n) is 13.8. The molecule has 0 aromatic heterocycles. The molecule has 0 aliphatic carbocycles. The van der Waals surface area contributed by atoms with Crippen molar-refractivity contribution in [1.29, 1.82) is 0 Å². The summed E-state index contributed by atoms with van der Waals surface area (Å²) in [5.74, 6) is 0.468. The Hall–Kier alpha value is -2.75. The highest BCUT2D eigenvalue weighted by atomic mass is 16.5. The van der Waals surface area contributed by atoms with Gasteiger partial charge in [0.05, 0.1) is 6.61 Å². The highest BCUT2D eigenvalue weighted by Crippen LogP contribution is 2.26. The molecule has 0 heterocycles. The number of aryl methyl sites for hydroxylation is 1. The normalized spacial score (nSPS) is 10.2. The molecule has 4 nitrogen and oxygen atoms in total. The van der Waals surface area contributed by atoms with Crippen molar-refractivity contribution in [2.45, 2.75) is 26.4 Å². The lowest BCUT2D eigenvalue weighted by Gasteiger charge is -2.12. The fourth-order valence-corrected chi connectivity index (χ4v) is 2.27. The van der Waals surface area contributed by atoms with Crippen molar-refractivity contribution in [3.63, 3.8) is 0 Å². The molecule has 126 valence electrons. The number of esters is 1. The molecule has 0 saturated carbocycles. The van der Waals surface area contributed by atoms with Crippen LogP contribution in [0.5, 0.6) is 11.5 Å². The summed E-state index contributed by atoms with van der Waals surface area (Å²) in [5.41, 5.74) is 2.93. The predicted molar refractivity (Wildman–Crippen MR) is 93.9 cm³/mol. The van der Waals surface area contributed by atoms with Crippen LogP contribution in [0.15, 0.2) is 49.0 Å². The largest absolute Gasteiger partial charge is 0.508 e. The lowest BCUT2D eigenvalue weighted by Crippen LogP contribution is -2.06. The van der Waals surface area contributed by atoms with Gasteiger partial charge in [-0.15, -0.1) is 0 Å². The van der Waals surface area contributed by atoms with E-state index in [1.165, 1.54) is 0 Å². The van der Waals surface area contributed by atoms with Crippen LogP contribution in [0.4, 0.5) is 0 Å². The highest BCUT2D eigenvalue weighted by molar-refractivity contribution is 5.69. The maximum Gasteiger partial charge on any atom is 0.306 e. The molecule has 0 bridgehead atoms. The van der Waals surface area contributed by atoms with E-state index in [1.807, 2.05) is 24.3 Å². The highest BCUT2D eigenvalue weighted by Gasteiger charge is 2.09. The summed E-state index contributed by atoms with van der Waals surface area (Å²) in [6.07, 6.45) is 2.57. The number of ether oxygens (including phenoxy) is 2. The van der Waals surface area contributed by atoms with Gasteiger partial charge in [-0.05, 0) is 36.1 Å². The lowest BCUT2D eigenvalue weighted by atomic mass is 10.1. The minimum atomic E-state index is -0.239.